The number of thiazole rings is 1. The first-order valence-electron chi connectivity index (χ1n) is 10.3. The predicted molar refractivity (Wildman–Crippen MR) is 121 cm³/mol. The molecule has 1 aliphatic carbocycles. The van der Waals surface area contributed by atoms with Crippen molar-refractivity contribution in [3.8, 4) is 0 Å². The molecule has 5 rings (SSSR count). The monoisotopic (exact) mass is 437 g/mol. The Morgan fingerprint density at radius 2 is 2.03 bits per heavy atom. The van der Waals surface area contributed by atoms with Crippen LogP contribution in [0, 0.1) is 12.8 Å². The molecule has 6 nitrogen and oxygen atoms in total. The highest BCUT2D eigenvalue weighted by Gasteiger charge is 2.29. The Hall–Kier alpha value is -2.45. The smallest absolute Gasteiger partial charge is 0.196 e. The van der Waals surface area contributed by atoms with E-state index in [9.17, 15) is 4.79 Å². The van der Waals surface area contributed by atoms with Gasteiger partial charge in [0.1, 0.15) is 17.4 Å². The minimum Gasteiger partial charge on any atom is -0.356 e. The van der Waals surface area contributed by atoms with Crippen molar-refractivity contribution in [1.29, 1.82) is 0 Å². The van der Waals surface area contributed by atoms with E-state index in [1.807, 2.05) is 31.3 Å². The maximum atomic E-state index is 12.0. The van der Waals surface area contributed by atoms with Gasteiger partial charge in [-0.25, -0.2) is 15.0 Å². The zero-order chi connectivity index (χ0) is 20.5. The van der Waals surface area contributed by atoms with Crippen LogP contribution in [0.25, 0.3) is 0 Å². The summed E-state index contributed by atoms with van der Waals surface area (Å²) in [4.78, 5) is 30.4. The number of ketones is 1. The molecule has 1 N–H and O–H groups in total. The van der Waals surface area contributed by atoms with Crippen LogP contribution in [0.1, 0.15) is 29.7 Å². The predicted octanol–water partition coefficient (Wildman–Crippen LogP) is 4.87. The van der Waals surface area contributed by atoms with Gasteiger partial charge >= 0.3 is 0 Å². The molecule has 0 radical (unpaired) electrons. The molecule has 2 fully saturated rings. The minimum absolute atomic E-state index is 0.309. The highest BCUT2D eigenvalue weighted by atomic mass is 32.2. The number of carbonyl (C=O) groups excluding carboxylic acids is 1. The summed E-state index contributed by atoms with van der Waals surface area (Å²) in [6.45, 7) is 4.10. The highest BCUT2D eigenvalue weighted by molar-refractivity contribution is 7.99. The lowest BCUT2D eigenvalue weighted by atomic mass is 10.1. The van der Waals surface area contributed by atoms with Crippen molar-refractivity contribution >= 4 is 45.6 Å². The van der Waals surface area contributed by atoms with Crippen LogP contribution >= 0.6 is 23.1 Å². The lowest BCUT2D eigenvalue weighted by Crippen LogP contribution is -2.37. The Morgan fingerprint density at radius 1 is 1.23 bits per heavy atom. The van der Waals surface area contributed by atoms with Crippen molar-refractivity contribution < 1.29 is 4.79 Å². The molecular weight excluding hydrogens is 414 g/mol. The lowest BCUT2D eigenvalue weighted by molar-refractivity contribution is -0.119. The van der Waals surface area contributed by atoms with Crippen LogP contribution in [0.2, 0.25) is 0 Å². The van der Waals surface area contributed by atoms with Gasteiger partial charge in [-0.15, -0.1) is 11.3 Å². The third kappa shape index (κ3) is 4.65. The Balaban J connectivity index is 1.33. The average molecular weight is 438 g/mol. The van der Waals surface area contributed by atoms with Gasteiger partial charge in [0.15, 0.2) is 10.3 Å². The van der Waals surface area contributed by atoms with Crippen molar-refractivity contribution in [3.05, 3.63) is 47.0 Å². The van der Waals surface area contributed by atoms with E-state index in [1.54, 1.807) is 11.3 Å². The zero-order valence-electron chi connectivity index (χ0n) is 16.8. The van der Waals surface area contributed by atoms with Crippen molar-refractivity contribution in [1.82, 2.24) is 15.0 Å². The Labute approximate surface area is 184 Å². The van der Waals surface area contributed by atoms with Gasteiger partial charge in [-0.05, 0) is 55.6 Å². The first-order chi connectivity index (χ1) is 14.6. The molecule has 1 aromatic carbocycles. The summed E-state index contributed by atoms with van der Waals surface area (Å²) in [6, 6.07) is 10.2. The van der Waals surface area contributed by atoms with Crippen molar-refractivity contribution in [2.24, 2.45) is 5.92 Å². The fourth-order valence-corrected chi connectivity index (χ4v) is 4.72. The minimum atomic E-state index is 0.309. The summed E-state index contributed by atoms with van der Waals surface area (Å²) in [7, 11) is 0. The van der Waals surface area contributed by atoms with Crippen LogP contribution in [-0.2, 0) is 11.2 Å². The fraction of sp³-hybridized carbons (Fsp3) is 0.364. The number of aromatic nitrogens is 3. The lowest BCUT2D eigenvalue weighted by Gasteiger charge is -2.32. The van der Waals surface area contributed by atoms with Crippen molar-refractivity contribution in [2.45, 2.75) is 42.7 Å². The van der Waals surface area contributed by atoms with E-state index in [0.29, 0.717) is 23.3 Å². The summed E-state index contributed by atoms with van der Waals surface area (Å²) >= 11 is 3.15. The summed E-state index contributed by atoms with van der Waals surface area (Å²) in [5.41, 5.74) is 1.08. The standard InChI is InChI=1S/C22H23N5OS2/c1-14-13-23-21(29-14)24-19-12-20(27-9-2-10-27)26-22(25-19)30-17-7-3-15(4-8-17)11-18(28)16-5-6-16/h3-4,7-8,12-13,16H,2,5-6,9-11H2,1H3,(H,23,24,25,26). The summed E-state index contributed by atoms with van der Waals surface area (Å²) < 4.78 is 0. The molecule has 3 aromatic rings. The number of Topliss-reactive ketones (excluding diaryl/α,β-unsaturated/α-hetero) is 1. The molecular formula is C22H23N5OS2. The van der Waals surface area contributed by atoms with E-state index < -0.39 is 0 Å². The molecule has 0 bridgehead atoms. The molecule has 2 aliphatic rings. The second-order valence-corrected chi connectivity index (χ2v) is 10.1. The van der Waals surface area contributed by atoms with E-state index in [0.717, 1.165) is 58.0 Å². The third-order valence-corrected chi connectivity index (χ3v) is 6.97. The van der Waals surface area contributed by atoms with Crippen molar-refractivity contribution in [3.63, 3.8) is 0 Å². The SMILES string of the molecule is Cc1cnc(Nc2cc(N3CCC3)nc(Sc3ccc(CC(=O)C4CC4)cc3)n2)s1. The molecule has 1 saturated heterocycles. The van der Waals surface area contributed by atoms with E-state index in [1.165, 1.54) is 18.2 Å². The van der Waals surface area contributed by atoms with Gasteiger partial charge in [-0.2, -0.15) is 0 Å². The summed E-state index contributed by atoms with van der Waals surface area (Å²) in [5.74, 6) is 2.38. The van der Waals surface area contributed by atoms with Gasteiger partial charge in [0.25, 0.3) is 0 Å². The second kappa shape index (κ2) is 8.35. The van der Waals surface area contributed by atoms with Crippen molar-refractivity contribution in [2.75, 3.05) is 23.3 Å². The van der Waals surface area contributed by atoms with E-state index in [-0.39, 0.29) is 0 Å². The number of anilines is 3. The molecule has 154 valence electrons. The maximum Gasteiger partial charge on any atom is 0.196 e. The third-order valence-electron chi connectivity index (χ3n) is 5.27. The molecule has 0 spiro atoms. The van der Waals surface area contributed by atoms with Crippen LogP contribution in [-0.4, -0.2) is 33.8 Å². The van der Waals surface area contributed by atoms with Gasteiger partial charge in [0, 0.05) is 47.5 Å². The van der Waals surface area contributed by atoms with E-state index in [4.69, 9.17) is 9.97 Å². The normalized spacial score (nSPS) is 15.7. The first kappa shape index (κ1) is 19.5. The van der Waals surface area contributed by atoms with Gasteiger partial charge in [-0.1, -0.05) is 12.1 Å². The average Bonchev–Trinajstić information content (AvgIpc) is 3.45. The van der Waals surface area contributed by atoms with Gasteiger partial charge < -0.3 is 10.2 Å². The first-order valence-corrected chi connectivity index (χ1v) is 11.9. The zero-order valence-corrected chi connectivity index (χ0v) is 18.4. The number of aryl methyl sites for hydroxylation is 1. The maximum absolute atomic E-state index is 12.0. The number of nitrogens with zero attached hydrogens (tertiary/aromatic N) is 4. The topological polar surface area (TPSA) is 71.0 Å². The largest absolute Gasteiger partial charge is 0.356 e. The van der Waals surface area contributed by atoms with Crippen LogP contribution in [0.5, 0.6) is 0 Å². The number of nitrogens with one attached hydrogen (secondary N) is 1. The quantitative estimate of drug-likeness (QED) is 0.504. The molecule has 8 heteroatoms. The molecule has 3 heterocycles. The van der Waals surface area contributed by atoms with Gasteiger partial charge in [0.2, 0.25) is 0 Å². The second-order valence-electron chi connectivity index (χ2n) is 7.80. The number of carbonyl (C=O) groups is 1. The van der Waals surface area contributed by atoms with Crippen LogP contribution in [0.4, 0.5) is 16.8 Å². The van der Waals surface area contributed by atoms with E-state index >= 15 is 0 Å². The Kier molecular flexibility index (Phi) is 5.43. The molecule has 1 saturated carbocycles. The number of hydrogen-bond acceptors (Lipinski definition) is 8. The molecule has 30 heavy (non-hydrogen) atoms. The van der Waals surface area contributed by atoms with Gasteiger partial charge in [0.05, 0.1) is 0 Å². The Bertz CT molecular complexity index is 1060. The molecule has 2 aromatic heterocycles. The summed E-state index contributed by atoms with van der Waals surface area (Å²) in [6.07, 6.45) is 5.72. The molecule has 0 unspecified atom stereocenters. The molecule has 0 amide bonds. The number of rotatable bonds is 8. The van der Waals surface area contributed by atoms with Crippen LogP contribution in [0.3, 0.4) is 0 Å². The summed E-state index contributed by atoms with van der Waals surface area (Å²) in [5, 5.41) is 4.86. The molecule has 0 atom stereocenters. The van der Waals surface area contributed by atoms with Crippen LogP contribution < -0.4 is 10.2 Å². The fourth-order valence-electron chi connectivity index (χ4n) is 3.28. The van der Waals surface area contributed by atoms with Gasteiger partial charge in [-0.3, -0.25) is 4.79 Å². The molecule has 1 aliphatic heterocycles. The highest BCUT2D eigenvalue weighted by Crippen LogP contribution is 2.33. The Morgan fingerprint density at radius 3 is 2.67 bits per heavy atom. The van der Waals surface area contributed by atoms with E-state index in [2.05, 4.69) is 27.3 Å². The van der Waals surface area contributed by atoms with Crippen LogP contribution in [0.15, 0.2) is 46.6 Å². The number of benzene rings is 1. The number of hydrogen-bond donors (Lipinski definition) is 1.